The molecule has 8 heteroatoms. The molecule has 1 saturated heterocycles. The molecule has 0 spiro atoms. The highest BCUT2D eigenvalue weighted by Crippen LogP contribution is 2.23. The van der Waals surface area contributed by atoms with E-state index in [1.165, 1.54) is 0 Å². The first-order chi connectivity index (χ1) is 10.8. The monoisotopic (exact) mass is 318 g/mol. The number of aryl methyl sites for hydroxylation is 1. The van der Waals surface area contributed by atoms with Gasteiger partial charge in [0.15, 0.2) is 11.6 Å². The molecule has 3 heterocycles. The summed E-state index contributed by atoms with van der Waals surface area (Å²) < 4.78 is 5.76. The van der Waals surface area contributed by atoms with Crippen molar-refractivity contribution < 1.29 is 9.53 Å². The second kappa shape index (κ2) is 5.77. The Hall–Kier alpha value is -2.22. The summed E-state index contributed by atoms with van der Waals surface area (Å²) >= 11 is 0. The molecule has 1 aliphatic rings. The van der Waals surface area contributed by atoms with Crippen molar-refractivity contribution in [3.63, 3.8) is 0 Å². The minimum atomic E-state index is -0.291. The zero-order chi connectivity index (χ0) is 16.6. The molecule has 0 unspecified atom stereocenters. The lowest BCUT2D eigenvalue weighted by Crippen LogP contribution is -2.42. The number of morpholine rings is 1. The average Bonchev–Trinajstić information content (AvgIpc) is 3.15. The lowest BCUT2D eigenvalue weighted by Gasteiger charge is -2.31. The number of nitrogens with one attached hydrogen (secondary N) is 2. The number of amides is 1. The second-order valence-electron chi connectivity index (χ2n) is 6.79. The maximum Gasteiger partial charge on any atom is 0.272 e. The van der Waals surface area contributed by atoms with Crippen molar-refractivity contribution in [2.45, 2.75) is 39.2 Å². The third-order valence-electron chi connectivity index (χ3n) is 3.77. The largest absolute Gasteiger partial charge is 0.367 e. The van der Waals surface area contributed by atoms with Gasteiger partial charge < -0.3 is 14.6 Å². The predicted octanol–water partition coefficient (Wildman–Crippen LogP) is 1.35. The summed E-state index contributed by atoms with van der Waals surface area (Å²) in [5.74, 6) is 2.05. The van der Waals surface area contributed by atoms with Crippen molar-refractivity contribution in [1.29, 1.82) is 0 Å². The number of aromatic nitrogens is 5. The zero-order valence-corrected chi connectivity index (χ0v) is 13.9. The number of rotatable bonds is 2. The molecular formula is C15H22N6O2. The van der Waals surface area contributed by atoms with Gasteiger partial charge >= 0.3 is 0 Å². The van der Waals surface area contributed by atoms with E-state index in [1.807, 2.05) is 6.92 Å². The van der Waals surface area contributed by atoms with E-state index in [1.54, 1.807) is 11.1 Å². The number of carbonyl (C=O) groups excluding carboxylic acids is 1. The van der Waals surface area contributed by atoms with Crippen LogP contribution >= 0.6 is 0 Å². The highest BCUT2D eigenvalue weighted by molar-refractivity contribution is 5.92. The summed E-state index contributed by atoms with van der Waals surface area (Å²) in [6.45, 7) is 9.44. The van der Waals surface area contributed by atoms with Gasteiger partial charge in [0.2, 0.25) is 0 Å². The number of carbonyl (C=O) groups is 1. The molecule has 2 aromatic heterocycles. The summed E-state index contributed by atoms with van der Waals surface area (Å²) in [6.07, 6.45) is 1.27. The van der Waals surface area contributed by atoms with E-state index in [2.05, 4.69) is 45.9 Å². The van der Waals surface area contributed by atoms with E-state index in [0.29, 0.717) is 31.2 Å². The van der Waals surface area contributed by atoms with Crippen LogP contribution in [0.2, 0.25) is 0 Å². The molecule has 0 aromatic carbocycles. The lowest BCUT2D eigenvalue weighted by atomic mass is 9.96. The number of imidazole rings is 1. The van der Waals surface area contributed by atoms with Gasteiger partial charge in [-0.25, -0.2) is 9.97 Å². The first-order valence-corrected chi connectivity index (χ1v) is 7.70. The fraction of sp³-hybridized carbons (Fsp3) is 0.600. The Balaban J connectivity index is 1.73. The highest BCUT2D eigenvalue weighted by Gasteiger charge is 2.30. The summed E-state index contributed by atoms with van der Waals surface area (Å²) in [4.78, 5) is 25.8. The van der Waals surface area contributed by atoms with Gasteiger partial charge in [-0.05, 0) is 6.92 Å². The Morgan fingerprint density at radius 2 is 2.22 bits per heavy atom. The molecule has 1 atom stereocenters. The van der Waals surface area contributed by atoms with Crippen LogP contribution in [0.1, 0.15) is 54.8 Å². The fourth-order valence-corrected chi connectivity index (χ4v) is 2.45. The molecule has 0 radical (unpaired) electrons. The average molecular weight is 318 g/mol. The number of nitrogens with zero attached hydrogens (tertiary/aromatic N) is 4. The SMILES string of the molecule is Cc1ncc(C(=O)N2CCO[C@@H](c3nc(C(C)(C)C)n[nH]3)C2)[nH]1. The van der Waals surface area contributed by atoms with Gasteiger partial charge in [-0.3, -0.25) is 9.89 Å². The molecule has 0 bridgehead atoms. The Kier molecular flexibility index (Phi) is 3.93. The molecule has 3 rings (SSSR count). The maximum absolute atomic E-state index is 12.5. The molecule has 23 heavy (non-hydrogen) atoms. The molecule has 2 N–H and O–H groups in total. The Morgan fingerprint density at radius 3 is 2.83 bits per heavy atom. The molecule has 1 amide bonds. The van der Waals surface area contributed by atoms with Crippen LogP contribution in [0.3, 0.4) is 0 Å². The smallest absolute Gasteiger partial charge is 0.272 e. The second-order valence-corrected chi connectivity index (χ2v) is 6.79. The molecule has 124 valence electrons. The summed E-state index contributed by atoms with van der Waals surface area (Å²) in [5, 5.41) is 7.20. The van der Waals surface area contributed by atoms with Crippen LogP contribution < -0.4 is 0 Å². The van der Waals surface area contributed by atoms with Gasteiger partial charge in [0, 0.05) is 12.0 Å². The molecular weight excluding hydrogens is 296 g/mol. The summed E-state index contributed by atoms with van der Waals surface area (Å²) in [6, 6.07) is 0. The van der Waals surface area contributed by atoms with Crippen molar-refractivity contribution in [3.8, 4) is 0 Å². The van der Waals surface area contributed by atoms with E-state index >= 15 is 0 Å². The van der Waals surface area contributed by atoms with E-state index in [9.17, 15) is 4.79 Å². The highest BCUT2D eigenvalue weighted by atomic mass is 16.5. The number of ether oxygens (including phenoxy) is 1. The van der Waals surface area contributed by atoms with E-state index in [-0.39, 0.29) is 17.4 Å². The molecule has 0 aliphatic carbocycles. The van der Waals surface area contributed by atoms with Crippen molar-refractivity contribution in [3.05, 3.63) is 29.4 Å². The Labute approximate surface area is 134 Å². The predicted molar refractivity (Wildman–Crippen MR) is 83.0 cm³/mol. The summed E-state index contributed by atoms with van der Waals surface area (Å²) in [5.41, 5.74) is 0.364. The minimum Gasteiger partial charge on any atom is -0.367 e. The zero-order valence-electron chi connectivity index (χ0n) is 13.9. The molecule has 2 aromatic rings. The third kappa shape index (κ3) is 3.26. The maximum atomic E-state index is 12.5. The third-order valence-corrected chi connectivity index (χ3v) is 3.77. The normalized spacial score (nSPS) is 19.1. The number of hydrogen-bond donors (Lipinski definition) is 2. The number of H-pyrrole nitrogens is 2. The first kappa shape index (κ1) is 15.7. The van der Waals surface area contributed by atoms with E-state index in [4.69, 9.17) is 4.74 Å². The van der Waals surface area contributed by atoms with Crippen molar-refractivity contribution in [2.24, 2.45) is 0 Å². The van der Waals surface area contributed by atoms with Gasteiger partial charge in [0.05, 0.1) is 19.3 Å². The number of hydrogen-bond acceptors (Lipinski definition) is 5. The minimum absolute atomic E-state index is 0.0746. The molecule has 8 nitrogen and oxygen atoms in total. The van der Waals surface area contributed by atoms with Crippen LogP contribution in [-0.2, 0) is 10.2 Å². The van der Waals surface area contributed by atoms with Crippen LogP contribution in [0, 0.1) is 6.92 Å². The van der Waals surface area contributed by atoms with E-state index < -0.39 is 0 Å². The van der Waals surface area contributed by atoms with Crippen LogP contribution in [0.4, 0.5) is 0 Å². The van der Waals surface area contributed by atoms with Crippen LogP contribution in [-0.4, -0.2) is 55.7 Å². The van der Waals surface area contributed by atoms with Gasteiger partial charge in [0.1, 0.15) is 17.6 Å². The quantitative estimate of drug-likeness (QED) is 0.870. The topological polar surface area (TPSA) is 99.8 Å². The van der Waals surface area contributed by atoms with Gasteiger partial charge in [-0.2, -0.15) is 5.10 Å². The number of aromatic amines is 2. The first-order valence-electron chi connectivity index (χ1n) is 7.70. The van der Waals surface area contributed by atoms with Crippen LogP contribution in [0.5, 0.6) is 0 Å². The standard InChI is InChI=1S/C15H22N6O2/c1-9-16-7-10(17-9)13(22)21-5-6-23-11(8-21)12-18-14(20-19-12)15(2,3)4/h7,11H,5-6,8H2,1-4H3,(H,16,17)(H,18,19,20)/t11-/m1/s1. The van der Waals surface area contributed by atoms with Crippen molar-refractivity contribution in [2.75, 3.05) is 19.7 Å². The molecule has 1 fully saturated rings. The van der Waals surface area contributed by atoms with Gasteiger partial charge in [-0.1, -0.05) is 20.8 Å². The molecule has 0 saturated carbocycles. The van der Waals surface area contributed by atoms with E-state index in [0.717, 1.165) is 11.6 Å². The Bertz CT molecular complexity index is 699. The van der Waals surface area contributed by atoms with Gasteiger partial charge in [0.25, 0.3) is 5.91 Å². The van der Waals surface area contributed by atoms with Crippen LogP contribution in [0.15, 0.2) is 6.20 Å². The summed E-state index contributed by atoms with van der Waals surface area (Å²) in [7, 11) is 0. The van der Waals surface area contributed by atoms with Crippen molar-refractivity contribution in [1.82, 2.24) is 30.0 Å². The van der Waals surface area contributed by atoms with Gasteiger partial charge in [-0.15, -0.1) is 0 Å². The lowest BCUT2D eigenvalue weighted by molar-refractivity contribution is -0.0268. The Morgan fingerprint density at radius 1 is 1.43 bits per heavy atom. The van der Waals surface area contributed by atoms with Crippen LogP contribution in [0.25, 0.3) is 0 Å². The molecule has 1 aliphatic heterocycles. The fourth-order valence-electron chi connectivity index (χ4n) is 2.45. The van der Waals surface area contributed by atoms with Crippen molar-refractivity contribution >= 4 is 5.91 Å².